The fourth-order valence-corrected chi connectivity index (χ4v) is 1.99. The van der Waals surface area contributed by atoms with E-state index < -0.39 is 0 Å². The standard InChI is InChI=1S/C7H14N2/c1-9-5-6-3-2-4-8-7(6)9/h6-8H,2-5H2,1H3/t6-,7+/m1/s1. The Bertz CT molecular complexity index is 111. The molecule has 2 atom stereocenters. The third kappa shape index (κ3) is 0.775. The lowest BCUT2D eigenvalue weighted by Crippen LogP contribution is -2.63. The summed E-state index contributed by atoms with van der Waals surface area (Å²) < 4.78 is 0. The molecule has 2 fully saturated rings. The van der Waals surface area contributed by atoms with Crippen LogP contribution in [0, 0.1) is 5.92 Å². The smallest absolute Gasteiger partial charge is 0.0636 e. The van der Waals surface area contributed by atoms with Crippen molar-refractivity contribution in [3.8, 4) is 0 Å². The molecular formula is C7H14N2. The number of likely N-dealkylation sites (tertiary alicyclic amines) is 1. The predicted molar refractivity (Wildman–Crippen MR) is 37.1 cm³/mol. The van der Waals surface area contributed by atoms with Crippen molar-refractivity contribution in [2.45, 2.75) is 19.0 Å². The molecule has 0 bridgehead atoms. The van der Waals surface area contributed by atoms with Gasteiger partial charge in [-0.25, -0.2) is 0 Å². The maximum atomic E-state index is 3.49. The zero-order valence-corrected chi connectivity index (χ0v) is 5.93. The molecule has 2 aliphatic rings. The summed E-state index contributed by atoms with van der Waals surface area (Å²) in [7, 11) is 2.19. The molecule has 9 heavy (non-hydrogen) atoms. The number of fused-ring (bicyclic) bond motifs is 1. The van der Waals surface area contributed by atoms with Gasteiger partial charge >= 0.3 is 0 Å². The van der Waals surface area contributed by atoms with Gasteiger partial charge < -0.3 is 5.32 Å². The van der Waals surface area contributed by atoms with Crippen molar-refractivity contribution in [2.75, 3.05) is 20.1 Å². The average Bonchev–Trinajstić information content (AvgIpc) is 1.86. The number of hydrogen-bond acceptors (Lipinski definition) is 2. The highest BCUT2D eigenvalue weighted by molar-refractivity contribution is 4.90. The summed E-state index contributed by atoms with van der Waals surface area (Å²) in [6, 6.07) is 0. The summed E-state index contributed by atoms with van der Waals surface area (Å²) in [5.41, 5.74) is 0. The molecule has 2 aliphatic heterocycles. The molecule has 0 aromatic rings. The highest BCUT2D eigenvalue weighted by atomic mass is 15.3. The number of nitrogens with zero attached hydrogens (tertiary/aromatic N) is 1. The van der Waals surface area contributed by atoms with Crippen LogP contribution in [0.3, 0.4) is 0 Å². The van der Waals surface area contributed by atoms with E-state index in [0.29, 0.717) is 0 Å². The van der Waals surface area contributed by atoms with Crippen LogP contribution in [-0.4, -0.2) is 31.2 Å². The highest BCUT2D eigenvalue weighted by Gasteiger charge is 2.37. The van der Waals surface area contributed by atoms with Crippen LogP contribution in [0.1, 0.15) is 12.8 Å². The fraction of sp³-hybridized carbons (Fsp3) is 1.00. The minimum Gasteiger partial charge on any atom is -0.301 e. The topological polar surface area (TPSA) is 15.3 Å². The minimum absolute atomic E-state index is 0.735. The molecule has 0 aromatic heterocycles. The van der Waals surface area contributed by atoms with E-state index in [2.05, 4.69) is 17.3 Å². The van der Waals surface area contributed by atoms with Crippen molar-refractivity contribution in [1.82, 2.24) is 10.2 Å². The first-order valence-corrected chi connectivity index (χ1v) is 3.81. The minimum atomic E-state index is 0.735. The van der Waals surface area contributed by atoms with E-state index in [9.17, 15) is 0 Å². The summed E-state index contributed by atoms with van der Waals surface area (Å²) in [4.78, 5) is 2.39. The van der Waals surface area contributed by atoms with Gasteiger partial charge in [-0.1, -0.05) is 0 Å². The molecule has 2 nitrogen and oxygen atoms in total. The fourth-order valence-electron chi connectivity index (χ4n) is 1.99. The van der Waals surface area contributed by atoms with Crippen LogP contribution in [0.2, 0.25) is 0 Å². The quantitative estimate of drug-likeness (QED) is 0.501. The molecule has 2 heterocycles. The van der Waals surface area contributed by atoms with Gasteiger partial charge in [0, 0.05) is 12.5 Å². The number of piperidine rings is 1. The van der Waals surface area contributed by atoms with Crippen LogP contribution in [0.25, 0.3) is 0 Å². The zero-order valence-electron chi connectivity index (χ0n) is 5.93. The van der Waals surface area contributed by atoms with Gasteiger partial charge in [-0.2, -0.15) is 0 Å². The maximum Gasteiger partial charge on any atom is 0.0636 e. The lowest BCUT2D eigenvalue weighted by molar-refractivity contribution is -0.00712. The molecule has 1 N–H and O–H groups in total. The van der Waals surface area contributed by atoms with Gasteiger partial charge in [-0.15, -0.1) is 0 Å². The summed E-state index contributed by atoms with van der Waals surface area (Å²) in [5, 5.41) is 3.49. The lowest BCUT2D eigenvalue weighted by atomic mass is 9.88. The largest absolute Gasteiger partial charge is 0.301 e. The van der Waals surface area contributed by atoms with Gasteiger partial charge in [-0.05, 0) is 26.4 Å². The Morgan fingerprint density at radius 1 is 1.56 bits per heavy atom. The van der Waals surface area contributed by atoms with Crippen LogP contribution < -0.4 is 5.32 Å². The van der Waals surface area contributed by atoms with Crippen molar-refractivity contribution < 1.29 is 0 Å². The second kappa shape index (κ2) is 1.96. The Kier molecular flexibility index (Phi) is 1.24. The van der Waals surface area contributed by atoms with Crippen molar-refractivity contribution in [2.24, 2.45) is 5.92 Å². The van der Waals surface area contributed by atoms with Gasteiger partial charge in [0.1, 0.15) is 0 Å². The van der Waals surface area contributed by atoms with Crippen LogP contribution in [0.15, 0.2) is 0 Å². The first-order valence-electron chi connectivity index (χ1n) is 3.81. The van der Waals surface area contributed by atoms with E-state index in [4.69, 9.17) is 0 Å². The number of nitrogens with one attached hydrogen (secondary N) is 1. The van der Waals surface area contributed by atoms with Crippen molar-refractivity contribution in [3.63, 3.8) is 0 Å². The monoisotopic (exact) mass is 126 g/mol. The summed E-state index contributed by atoms with van der Waals surface area (Å²) >= 11 is 0. The Hall–Kier alpha value is -0.0800. The summed E-state index contributed by atoms with van der Waals surface area (Å²) in [5.74, 6) is 0.976. The number of rotatable bonds is 0. The molecule has 0 unspecified atom stereocenters. The van der Waals surface area contributed by atoms with Crippen LogP contribution in [0.5, 0.6) is 0 Å². The molecule has 2 heteroatoms. The van der Waals surface area contributed by atoms with E-state index in [1.807, 2.05) is 0 Å². The lowest BCUT2D eigenvalue weighted by Gasteiger charge is -2.49. The van der Waals surface area contributed by atoms with E-state index in [0.717, 1.165) is 12.1 Å². The van der Waals surface area contributed by atoms with Gasteiger partial charge in [-0.3, -0.25) is 4.90 Å². The third-order valence-corrected chi connectivity index (χ3v) is 2.55. The SMILES string of the molecule is CN1C[C@H]2CCCN[C@H]21. The van der Waals surface area contributed by atoms with E-state index in [1.54, 1.807) is 0 Å². The van der Waals surface area contributed by atoms with Gasteiger partial charge in [0.15, 0.2) is 0 Å². The average molecular weight is 126 g/mol. The molecule has 0 saturated carbocycles. The Balaban J connectivity index is 1.94. The molecule has 0 radical (unpaired) electrons. The normalized spacial score (nSPS) is 43.7. The number of hydrogen-bond donors (Lipinski definition) is 1. The molecule has 2 saturated heterocycles. The van der Waals surface area contributed by atoms with Crippen molar-refractivity contribution in [1.29, 1.82) is 0 Å². The van der Waals surface area contributed by atoms with E-state index in [-0.39, 0.29) is 0 Å². The maximum absolute atomic E-state index is 3.49. The zero-order chi connectivity index (χ0) is 6.27. The van der Waals surface area contributed by atoms with E-state index in [1.165, 1.54) is 25.9 Å². The molecule has 52 valence electrons. The Morgan fingerprint density at radius 3 is 3.00 bits per heavy atom. The predicted octanol–water partition coefficient (Wildman–Crippen LogP) is 0.257. The first-order chi connectivity index (χ1) is 4.38. The van der Waals surface area contributed by atoms with Gasteiger partial charge in [0.2, 0.25) is 0 Å². The molecule has 0 amide bonds. The van der Waals surface area contributed by atoms with Crippen LogP contribution in [-0.2, 0) is 0 Å². The van der Waals surface area contributed by atoms with Gasteiger partial charge in [0.25, 0.3) is 0 Å². The molecular weight excluding hydrogens is 112 g/mol. The Morgan fingerprint density at radius 2 is 2.44 bits per heavy atom. The van der Waals surface area contributed by atoms with E-state index >= 15 is 0 Å². The second-order valence-corrected chi connectivity index (χ2v) is 3.24. The second-order valence-electron chi connectivity index (χ2n) is 3.24. The van der Waals surface area contributed by atoms with Crippen LogP contribution >= 0.6 is 0 Å². The Labute approximate surface area is 56.2 Å². The molecule has 2 rings (SSSR count). The third-order valence-electron chi connectivity index (χ3n) is 2.55. The molecule has 0 spiro atoms. The van der Waals surface area contributed by atoms with Crippen molar-refractivity contribution in [3.05, 3.63) is 0 Å². The first kappa shape index (κ1) is 5.69. The highest BCUT2D eigenvalue weighted by Crippen LogP contribution is 2.27. The summed E-state index contributed by atoms with van der Waals surface area (Å²) in [6.07, 6.45) is 3.57. The van der Waals surface area contributed by atoms with Crippen LogP contribution in [0.4, 0.5) is 0 Å². The van der Waals surface area contributed by atoms with Crippen molar-refractivity contribution >= 4 is 0 Å². The van der Waals surface area contributed by atoms with Gasteiger partial charge in [0.05, 0.1) is 6.17 Å². The molecule has 0 aliphatic carbocycles. The summed E-state index contributed by atoms with van der Waals surface area (Å²) in [6.45, 7) is 2.54. The molecule has 0 aromatic carbocycles.